The second kappa shape index (κ2) is 5.67. The largest absolute Gasteiger partial charge is 0.366 e. The van der Waals surface area contributed by atoms with Gasteiger partial charge in [0.25, 0.3) is 5.91 Å². The van der Waals surface area contributed by atoms with Crippen molar-refractivity contribution < 1.29 is 9.59 Å². The number of nitrogens with one attached hydrogen (secondary N) is 2. The highest BCUT2D eigenvalue weighted by atomic mass is 32.1. The molecule has 5 nitrogen and oxygen atoms in total. The summed E-state index contributed by atoms with van der Waals surface area (Å²) in [6.45, 7) is 0.668. The van der Waals surface area contributed by atoms with Gasteiger partial charge in [-0.2, -0.15) is 0 Å². The molecule has 0 unspecified atom stereocenters. The molecule has 0 bridgehead atoms. The van der Waals surface area contributed by atoms with Crippen molar-refractivity contribution in [2.75, 3.05) is 5.32 Å². The average Bonchev–Trinajstić information content (AvgIpc) is 2.95. The molecule has 21 heavy (non-hydrogen) atoms. The summed E-state index contributed by atoms with van der Waals surface area (Å²) in [7, 11) is 0. The van der Waals surface area contributed by atoms with Gasteiger partial charge < -0.3 is 16.4 Å². The standard InChI is InChI=1S/C15H15N3O2S/c16-13(19)11-5-6-21-15(11)18-14(20)12-7-9-3-1-2-4-10(9)8-17-12/h1-6,12,17H,7-8H2,(H2,16,19)(H,18,20)/t12-/m0/s1. The van der Waals surface area contributed by atoms with E-state index in [1.165, 1.54) is 22.5 Å². The molecule has 2 aromatic rings. The summed E-state index contributed by atoms with van der Waals surface area (Å²) in [4.78, 5) is 23.6. The van der Waals surface area contributed by atoms with Crippen molar-refractivity contribution >= 4 is 28.2 Å². The molecule has 1 aliphatic rings. The van der Waals surface area contributed by atoms with Crippen LogP contribution in [0.5, 0.6) is 0 Å². The summed E-state index contributed by atoms with van der Waals surface area (Å²) in [6.07, 6.45) is 0.638. The summed E-state index contributed by atoms with van der Waals surface area (Å²) in [5, 5.41) is 8.24. The third kappa shape index (κ3) is 2.81. The van der Waals surface area contributed by atoms with Crippen LogP contribution in [0.3, 0.4) is 0 Å². The minimum Gasteiger partial charge on any atom is -0.366 e. The van der Waals surface area contributed by atoms with Crippen molar-refractivity contribution in [3.63, 3.8) is 0 Å². The summed E-state index contributed by atoms with van der Waals surface area (Å²) >= 11 is 1.30. The van der Waals surface area contributed by atoms with Crippen LogP contribution in [0.1, 0.15) is 21.5 Å². The third-order valence-electron chi connectivity index (χ3n) is 3.57. The first-order chi connectivity index (χ1) is 10.1. The molecule has 2 heterocycles. The molecule has 0 spiro atoms. The number of thiophene rings is 1. The van der Waals surface area contributed by atoms with Crippen molar-refractivity contribution in [2.24, 2.45) is 5.73 Å². The maximum Gasteiger partial charge on any atom is 0.251 e. The lowest BCUT2D eigenvalue weighted by atomic mass is 9.95. The van der Waals surface area contributed by atoms with E-state index in [1.807, 2.05) is 18.2 Å². The predicted molar refractivity (Wildman–Crippen MR) is 82.2 cm³/mol. The molecular weight excluding hydrogens is 286 g/mol. The molecule has 0 saturated carbocycles. The normalized spacial score (nSPS) is 17.0. The number of carbonyl (C=O) groups is 2. The zero-order valence-electron chi connectivity index (χ0n) is 11.3. The number of primary amides is 1. The Bertz CT molecular complexity index is 696. The Balaban J connectivity index is 1.72. The maximum absolute atomic E-state index is 12.3. The Hall–Kier alpha value is -2.18. The first-order valence-electron chi connectivity index (χ1n) is 6.63. The van der Waals surface area contributed by atoms with Crippen molar-refractivity contribution in [2.45, 2.75) is 19.0 Å². The minimum absolute atomic E-state index is 0.144. The van der Waals surface area contributed by atoms with Crippen LogP contribution in [0.2, 0.25) is 0 Å². The smallest absolute Gasteiger partial charge is 0.251 e. The number of amides is 2. The monoisotopic (exact) mass is 301 g/mol. The number of nitrogens with two attached hydrogens (primary N) is 1. The Morgan fingerprint density at radius 2 is 2.00 bits per heavy atom. The molecule has 108 valence electrons. The topological polar surface area (TPSA) is 84.2 Å². The molecular formula is C15H15N3O2S. The van der Waals surface area contributed by atoms with E-state index in [1.54, 1.807) is 11.4 Å². The fraction of sp³-hybridized carbons (Fsp3) is 0.200. The first kappa shape index (κ1) is 13.8. The van der Waals surface area contributed by atoms with Gasteiger partial charge in [0.2, 0.25) is 5.91 Å². The molecule has 0 saturated heterocycles. The van der Waals surface area contributed by atoms with Gasteiger partial charge in [-0.15, -0.1) is 11.3 Å². The molecule has 1 aromatic carbocycles. The zero-order chi connectivity index (χ0) is 14.8. The summed E-state index contributed by atoms with van der Waals surface area (Å²) in [5.74, 6) is -0.678. The number of carbonyl (C=O) groups excluding carboxylic acids is 2. The summed E-state index contributed by atoms with van der Waals surface area (Å²) in [6, 6.07) is 9.38. The van der Waals surface area contributed by atoms with Crippen LogP contribution in [0, 0.1) is 0 Å². The zero-order valence-corrected chi connectivity index (χ0v) is 12.1. The number of rotatable bonds is 3. The van der Waals surface area contributed by atoms with Crippen LogP contribution in [0.25, 0.3) is 0 Å². The van der Waals surface area contributed by atoms with Crippen LogP contribution >= 0.6 is 11.3 Å². The number of hydrogen-bond donors (Lipinski definition) is 3. The molecule has 2 amide bonds. The van der Waals surface area contributed by atoms with Gasteiger partial charge in [-0.1, -0.05) is 24.3 Å². The van der Waals surface area contributed by atoms with Crippen LogP contribution < -0.4 is 16.4 Å². The first-order valence-corrected chi connectivity index (χ1v) is 7.51. The highest BCUT2D eigenvalue weighted by molar-refractivity contribution is 7.14. The van der Waals surface area contributed by atoms with Crippen LogP contribution in [-0.4, -0.2) is 17.9 Å². The van der Waals surface area contributed by atoms with Crippen molar-refractivity contribution in [1.29, 1.82) is 0 Å². The van der Waals surface area contributed by atoms with Crippen LogP contribution in [-0.2, 0) is 17.8 Å². The molecule has 0 aliphatic carbocycles. The quantitative estimate of drug-likeness (QED) is 0.803. The Labute approximate surface area is 126 Å². The van der Waals surface area contributed by atoms with Gasteiger partial charge in [0.15, 0.2) is 0 Å². The fourth-order valence-corrected chi connectivity index (χ4v) is 3.23. The van der Waals surface area contributed by atoms with Gasteiger partial charge in [-0.3, -0.25) is 9.59 Å². The molecule has 4 N–H and O–H groups in total. The van der Waals surface area contributed by atoms with E-state index >= 15 is 0 Å². The van der Waals surface area contributed by atoms with E-state index in [0.29, 0.717) is 23.5 Å². The Kier molecular flexibility index (Phi) is 3.72. The number of fused-ring (bicyclic) bond motifs is 1. The number of benzene rings is 1. The average molecular weight is 301 g/mol. The van der Waals surface area contributed by atoms with E-state index in [-0.39, 0.29) is 11.9 Å². The van der Waals surface area contributed by atoms with Gasteiger partial charge in [-0.05, 0) is 29.0 Å². The fourth-order valence-electron chi connectivity index (χ4n) is 2.44. The van der Waals surface area contributed by atoms with E-state index in [4.69, 9.17) is 5.73 Å². The minimum atomic E-state index is -0.534. The molecule has 1 aromatic heterocycles. The lowest BCUT2D eigenvalue weighted by Gasteiger charge is -2.25. The van der Waals surface area contributed by atoms with Gasteiger partial charge in [0.1, 0.15) is 5.00 Å². The molecule has 3 rings (SSSR count). The van der Waals surface area contributed by atoms with E-state index < -0.39 is 5.91 Å². The third-order valence-corrected chi connectivity index (χ3v) is 4.40. The molecule has 1 aliphatic heterocycles. The summed E-state index contributed by atoms with van der Waals surface area (Å²) < 4.78 is 0. The number of anilines is 1. The summed E-state index contributed by atoms with van der Waals surface area (Å²) in [5.41, 5.74) is 8.03. The Morgan fingerprint density at radius 1 is 1.24 bits per heavy atom. The van der Waals surface area contributed by atoms with Gasteiger partial charge in [-0.25, -0.2) is 0 Å². The van der Waals surface area contributed by atoms with Crippen molar-refractivity contribution in [1.82, 2.24) is 5.32 Å². The van der Waals surface area contributed by atoms with E-state index in [2.05, 4.69) is 16.7 Å². The van der Waals surface area contributed by atoms with E-state index in [0.717, 1.165) is 0 Å². The second-order valence-electron chi connectivity index (χ2n) is 4.92. The molecule has 1 atom stereocenters. The lowest BCUT2D eigenvalue weighted by molar-refractivity contribution is -0.118. The van der Waals surface area contributed by atoms with Crippen molar-refractivity contribution in [3.8, 4) is 0 Å². The number of hydrogen-bond acceptors (Lipinski definition) is 4. The van der Waals surface area contributed by atoms with E-state index in [9.17, 15) is 9.59 Å². The maximum atomic E-state index is 12.3. The van der Waals surface area contributed by atoms with Gasteiger partial charge in [0.05, 0.1) is 11.6 Å². The highest BCUT2D eigenvalue weighted by Crippen LogP contribution is 2.24. The van der Waals surface area contributed by atoms with Crippen LogP contribution in [0.4, 0.5) is 5.00 Å². The molecule has 0 radical (unpaired) electrons. The van der Waals surface area contributed by atoms with Crippen LogP contribution in [0.15, 0.2) is 35.7 Å². The van der Waals surface area contributed by atoms with Gasteiger partial charge >= 0.3 is 0 Å². The highest BCUT2D eigenvalue weighted by Gasteiger charge is 2.25. The van der Waals surface area contributed by atoms with Crippen molar-refractivity contribution in [3.05, 3.63) is 52.4 Å². The predicted octanol–water partition coefficient (Wildman–Crippen LogP) is 1.50. The SMILES string of the molecule is NC(=O)c1ccsc1NC(=O)[C@@H]1Cc2ccccc2CN1. The molecule has 6 heteroatoms. The lowest BCUT2D eigenvalue weighted by Crippen LogP contribution is -2.44. The Morgan fingerprint density at radius 3 is 2.76 bits per heavy atom. The van der Waals surface area contributed by atoms with Gasteiger partial charge in [0, 0.05) is 6.54 Å². The second-order valence-corrected chi connectivity index (χ2v) is 5.84. The molecule has 0 fully saturated rings.